The van der Waals surface area contributed by atoms with Gasteiger partial charge in [-0.2, -0.15) is 0 Å². The van der Waals surface area contributed by atoms with Crippen LogP contribution in [-0.2, 0) is 15.6 Å². The Morgan fingerprint density at radius 2 is 2.14 bits per heavy atom. The van der Waals surface area contributed by atoms with Gasteiger partial charge >= 0.3 is 5.97 Å². The number of rotatable bonds is 3. The molecule has 0 saturated carbocycles. The zero-order valence-electron chi connectivity index (χ0n) is 7.89. The van der Waals surface area contributed by atoms with Gasteiger partial charge in [0.15, 0.2) is 6.10 Å². The summed E-state index contributed by atoms with van der Waals surface area (Å²) in [7, 11) is -0.775. The number of nitrogens with zero attached hydrogens (tertiary/aromatic N) is 1. The van der Waals surface area contributed by atoms with Gasteiger partial charge in [-0.15, -0.1) is 0 Å². The van der Waals surface area contributed by atoms with Crippen molar-refractivity contribution in [1.29, 1.82) is 0 Å². The molecule has 82 valence electrons. The minimum atomic E-state index is -1.33. The molecule has 1 aliphatic heterocycles. The number of carbonyl (C=O) groups is 1. The Bertz CT molecular complexity index is 233. The summed E-state index contributed by atoms with van der Waals surface area (Å²) in [6.07, 6.45) is -0.527. The SMILES string of the molecule is O=C(O)C(O)CN1CCCS(=O)CC1. The van der Waals surface area contributed by atoms with E-state index >= 15 is 0 Å². The predicted octanol–water partition coefficient (Wildman–Crippen LogP) is -1.11. The lowest BCUT2D eigenvalue weighted by atomic mass is 10.3. The van der Waals surface area contributed by atoms with E-state index in [4.69, 9.17) is 10.2 Å². The molecule has 1 aliphatic rings. The van der Waals surface area contributed by atoms with Crippen LogP contribution in [0.4, 0.5) is 0 Å². The molecule has 14 heavy (non-hydrogen) atoms. The Hall–Kier alpha value is -0.460. The van der Waals surface area contributed by atoms with Crippen molar-refractivity contribution in [1.82, 2.24) is 4.90 Å². The molecule has 1 fully saturated rings. The standard InChI is InChI=1S/C8H15NO4S/c10-7(8(11)12)6-9-2-1-4-14(13)5-3-9/h7,10H,1-6H2,(H,11,12). The molecule has 0 bridgehead atoms. The molecule has 0 aromatic rings. The van der Waals surface area contributed by atoms with Crippen LogP contribution in [0.1, 0.15) is 6.42 Å². The number of carboxylic acid groups (broad SMARTS) is 1. The average molecular weight is 221 g/mol. The van der Waals surface area contributed by atoms with Gasteiger partial charge < -0.3 is 10.2 Å². The van der Waals surface area contributed by atoms with Gasteiger partial charge in [0.2, 0.25) is 0 Å². The largest absolute Gasteiger partial charge is 0.479 e. The lowest BCUT2D eigenvalue weighted by Gasteiger charge is -2.20. The minimum Gasteiger partial charge on any atom is -0.479 e. The summed E-state index contributed by atoms with van der Waals surface area (Å²) < 4.78 is 11.2. The second kappa shape index (κ2) is 5.43. The third kappa shape index (κ3) is 3.73. The molecule has 2 atom stereocenters. The van der Waals surface area contributed by atoms with Gasteiger partial charge in [0.05, 0.1) is 0 Å². The van der Waals surface area contributed by atoms with Gasteiger partial charge in [-0.3, -0.25) is 9.11 Å². The molecular weight excluding hydrogens is 206 g/mol. The van der Waals surface area contributed by atoms with Crippen molar-refractivity contribution in [3.05, 3.63) is 0 Å². The van der Waals surface area contributed by atoms with E-state index < -0.39 is 22.9 Å². The van der Waals surface area contributed by atoms with Crippen LogP contribution >= 0.6 is 0 Å². The maximum Gasteiger partial charge on any atom is 0.333 e. The summed E-state index contributed by atoms with van der Waals surface area (Å²) in [5.41, 5.74) is 0. The first kappa shape index (κ1) is 11.6. The van der Waals surface area contributed by atoms with E-state index in [0.29, 0.717) is 18.1 Å². The van der Waals surface area contributed by atoms with Gasteiger partial charge in [-0.05, 0) is 13.0 Å². The van der Waals surface area contributed by atoms with Crippen molar-refractivity contribution in [2.45, 2.75) is 12.5 Å². The Labute approximate surface area is 85.2 Å². The van der Waals surface area contributed by atoms with Crippen molar-refractivity contribution in [3.63, 3.8) is 0 Å². The van der Waals surface area contributed by atoms with Gasteiger partial charge in [-0.1, -0.05) is 0 Å². The van der Waals surface area contributed by atoms with Crippen molar-refractivity contribution >= 4 is 16.8 Å². The quantitative estimate of drug-likeness (QED) is 0.631. The maximum absolute atomic E-state index is 11.2. The smallest absolute Gasteiger partial charge is 0.333 e. The molecule has 1 rings (SSSR count). The van der Waals surface area contributed by atoms with Crippen LogP contribution in [0.2, 0.25) is 0 Å². The van der Waals surface area contributed by atoms with Crippen molar-refractivity contribution < 1.29 is 19.2 Å². The lowest BCUT2D eigenvalue weighted by Crippen LogP contribution is -2.38. The first-order chi connectivity index (χ1) is 6.59. The van der Waals surface area contributed by atoms with Crippen molar-refractivity contribution in [2.75, 3.05) is 31.1 Å². The van der Waals surface area contributed by atoms with Gasteiger partial charge in [0.25, 0.3) is 0 Å². The summed E-state index contributed by atoms with van der Waals surface area (Å²) >= 11 is 0. The van der Waals surface area contributed by atoms with E-state index in [2.05, 4.69) is 0 Å². The Balaban J connectivity index is 2.37. The predicted molar refractivity (Wildman–Crippen MR) is 52.6 cm³/mol. The Morgan fingerprint density at radius 3 is 2.79 bits per heavy atom. The van der Waals surface area contributed by atoms with Crippen LogP contribution in [0.15, 0.2) is 0 Å². The molecule has 0 aromatic heterocycles. The highest BCUT2D eigenvalue weighted by atomic mass is 32.2. The fourth-order valence-corrected chi connectivity index (χ4v) is 2.52. The molecule has 2 N–H and O–H groups in total. The van der Waals surface area contributed by atoms with Crippen LogP contribution in [0.25, 0.3) is 0 Å². The molecule has 5 nitrogen and oxygen atoms in total. The van der Waals surface area contributed by atoms with Crippen LogP contribution < -0.4 is 0 Å². The molecule has 2 unspecified atom stereocenters. The number of aliphatic hydroxyl groups is 1. The lowest BCUT2D eigenvalue weighted by molar-refractivity contribution is -0.147. The number of hydrogen-bond acceptors (Lipinski definition) is 4. The second-order valence-electron chi connectivity index (χ2n) is 3.36. The molecule has 0 aromatic carbocycles. The van der Waals surface area contributed by atoms with Crippen LogP contribution in [0, 0.1) is 0 Å². The van der Waals surface area contributed by atoms with E-state index in [1.807, 2.05) is 4.90 Å². The summed E-state index contributed by atoms with van der Waals surface area (Å²) in [4.78, 5) is 12.2. The van der Waals surface area contributed by atoms with Crippen molar-refractivity contribution in [3.8, 4) is 0 Å². The summed E-state index contributed by atoms with van der Waals surface area (Å²) in [5, 5.41) is 17.6. The van der Waals surface area contributed by atoms with E-state index in [-0.39, 0.29) is 6.54 Å². The third-order valence-electron chi connectivity index (χ3n) is 2.20. The maximum atomic E-state index is 11.2. The number of hydrogen-bond donors (Lipinski definition) is 2. The van der Waals surface area contributed by atoms with Crippen LogP contribution in [-0.4, -0.2) is 62.5 Å². The van der Waals surface area contributed by atoms with E-state index in [1.54, 1.807) is 0 Å². The molecule has 6 heteroatoms. The fraction of sp³-hybridized carbons (Fsp3) is 0.875. The number of aliphatic hydroxyl groups excluding tert-OH is 1. The van der Waals surface area contributed by atoms with Gasteiger partial charge in [0, 0.05) is 35.4 Å². The Morgan fingerprint density at radius 1 is 1.43 bits per heavy atom. The topological polar surface area (TPSA) is 77.8 Å². The monoisotopic (exact) mass is 221 g/mol. The van der Waals surface area contributed by atoms with Gasteiger partial charge in [0.1, 0.15) is 0 Å². The van der Waals surface area contributed by atoms with Crippen LogP contribution in [0.3, 0.4) is 0 Å². The van der Waals surface area contributed by atoms with E-state index in [0.717, 1.165) is 13.0 Å². The molecule has 0 radical (unpaired) electrons. The summed E-state index contributed by atoms with van der Waals surface area (Å²) in [5.74, 6) is 0.0572. The summed E-state index contributed by atoms with van der Waals surface area (Å²) in [6, 6.07) is 0. The Kier molecular flexibility index (Phi) is 4.50. The number of β-amino-alcohol motifs (C(OH)–C–C–N with tert-alkyl or cyclic N) is 1. The first-order valence-electron chi connectivity index (χ1n) is 4.58. The molecule has 1 heterocycles. The number of carboxylic acids is 1. The average Bonchev–Trinajstić information content (AvgIpc) is 2.31. The fourth-order valence-electron chi connectivity index (χ4n) is 1.40. The van der Waals surface area contributed by atoms with E-state index in [9.17, 15) is 9.00 Å². The second-order valence-corrected chi connectivity index (χ2v) is 5.05. The zero-order valence-corrected chi connectivity index (χ0v) is 8.70. The molecule has 0 amide bonds. The normalized spacial score (nSPS) is 26.8. The summed E-state index contributed by atoms with van der Waals surface area (Å²) in [6.45, 7) is 1.46. The van der Waals surface area contributed by atoms with Gasteiger partial charge in [-0.25, -0.2) is 4.79 Å². The third-order valence-corrected chi connectivity index (χ3v) is 3.58. The molecule has 1 saturated heterocycles. The molecule has 0 aliphatic carbocycles. The first-order valence-corrected chi connectivity index (χ1v) is 6.06. The molecule has 0 spiro atoms. The minimum absolute atomic E-state index is 0.131. The highest BCUT2D eigenvalue weighted by Gasteiger charge is 2.20. The highest BCUT2D eigenvalue weighted by molar-refractivity contribution is 7.85. The van der Waals surface area contributed by atoms with E-state index in [1.165, 1.54) is 0 Å². The number of aliphatic carboxylic acids is 1. The van der Waals surface area contributed by atoms with Crippen molar-refractivity contribution in [2.24, 2.45) is 0 Å². The highest BCUT2D eigenvalue weighted by Crippen LogP contribution is 2.02. The molecular formula is C8H15NO4S. The zero-order chi connectivity index (χ0) is 10.6. The van der Waals surface area contributed by atoms with Crippen LogP contribution in [0.5, 0.6) is 0 Å².